The van der Waals surface area contributed by atoms with Crippen LogP contribution in [0.15, 0.2) is 17.1 Å². The molecule has 8 nitrogen and oxygen atoms in total. The van der Waals surface area contributed by atoms with E-state index in [-0.39, 0.29) is 17.4 Å². The zero-order chi connectivity index (χ0) is 17.6. The Bertz CT molecular complexity index is 1010. The molecular weight excluding hydrogens is 320 g/mol. The van der Waals surface area contributed by atoms with Gasteiger partial charge in [0.1, 0.15) is 0 Å². The van der Waals surface area contributed by atoms with Gasteiger partial charge in [0.05, 0.1) is 6.20 Å². The van der Waals surface area contributed by atoms with Crippen LogP contribution < -0.4 is 10.9 Å². The van der Waals surface area contributed by atoms with Crippen LogP contribution >= 0.6 is 0 Å². The summed E-state index contributed by atoms with van der Waals surface area (Å²) >= 11 is 0. The van der Waals surface area contributed by atoms with Gasteiger partial charge in [-0.2, -0.15) is 5.10 Å². The molecule has 0 saturated carbocycles. The average Bonchev–Trinajstić information content (AvgIpc) is 3.19. The van der Waals surface area contributed by atoms with E-state index in [4.69, 9.17) is 0 Å². The van der Waals surface area contributed by atoms with Crippen molar-refractivity contribution in [3.05, 3.63) is 50.8 Å². The standard InChI is InChI=1S/C17H20N6O2/c1-9-13(10(2)23-15(20-9)6-16(24)22-23)8-18-17(25)11-3-4-14-12(5-11)7-19-21-14/h6-7,11H,3-5,8H2,1-2H3,(H,18,25)(H,19,21)(H,22,24). The van der Waals surface area contributed by atoms with Crippen LogP contribution in [-0.4, -0.2) is 30.7 Å². The molecule has 130 valence electrons. The van der Waals surface area contributed by atoms with Crippen LogP contribution in [0.4, 0.5) is 0 Å². The Hall–Kier alpha value is -2.90. The molecule has 1 atom stereocenters. The maximum Gasteiger partial charge on any atom is 0.266 e. The molecule has 0 spiro atoms. The SMILES string of the molecule is Cc1nc2cc(=O)[nH]n2c(C)c1CNC(=O)C1CCc2[nH]ncc2C1. The zero-order valence-corrected chi connectivity index (χ0v) is 14.2. The van der Waals surface area contributed by atoms with Crippen molar-refractivity contribution in [2.75, 3.05) is 0 Å². The number of nitrogens with one attached hydrogen (secondary N) is 3. The van der Waals surface area contributed by atoms with Gasteiger partial charge in [0.15, 0.2) is 5.65 Å². The molecule has 0 bridgehead atoms. The number of aryl methyl sites for hydroxylation is 3. The first-order chi connectivity index (χ1) is 12.0. The van der Waals surface area contributed by atoms with E-state index < -0.39 is 0 Å². The first-order valence-corrected chi connectivity index (χ1v) is 8.39. The topological polar surface area (TPSA) is 108 Å². The van der Waals surface area contributed by atoms with E-state index in [9.17, 15) is 9.59 Å². The van der Waals surface area contributed by atoms with Gasteiger partial charge in [-0.25, -0.2) is 9.50 Å². The minimum atomic E-state index is -0.186. The van der Waals surface area contributed by atoms with Crippen LogP contribution in [-0.2, 0) is 24.2 Å². The van der Waals surface area contributed by atoms with Crippen LogP contribution in [0.25, 0.3) is 5.65 Å². The van der Waals surface area contributed by atoms with Gasteiger partial charge >= 0.3 is 0 Å². The minimum Gasteiger partial charge on any atom is -0.352 e. The normalized spacial score (nSPS) is 16.8. The molecule has 0 aromatic carbocycles. The number of hydrogen-bond donors (Lipinski definition) is 3. The molecule has 3 N–H and O–H groups in total. The summed E-state index contributed by atoms with van der Waals surface area (Å²) in [6.45, 7) is 4.20. The summed E-state index contributed by atoms with van der Waals surface area (Å²) in [6.07, 6.45) is 4.20. The molecule has 1 amide bonds. The van der Waals surface area contributed by atoms with E-state index in [1.165, 1.54) is 6.07 Å². The van der Waals surface area contributed by atoms with Gasteiger partial charge in [0, 0.05) is 41.2 Å². The molecule has 3 aromatic rings. The maximum atomic E-state index is 12.6. The van der Waals surface area contributed by atoms with Gasteiger partial charge < -0.3 is 5.32 Å². The van der Waals surface area contributed by atoms with E-state index in [0.29, 0.717) is 12.2 Å². The summed E-state index contributed by atoms with van der Waals surface area (Å²) in [4.78, 5) is 28.5. The molecule has 25 heavy (non-hydrogen) atoms. The second-order valence-corrected chi connectivity index (χ2v) is 6.61. The lowest BCUT2D eigenvalue weighted by molar-refractivity contribution is -0.125. The maximum absolute atomic E-state index is 12.6. The van der Waals surface area contributed by atoms with E-state index in [2.05, 4.69) is 25.6 Å². The third kappa shape index (κ3) is 2.73. The lowest BCUT2D eigenvalue weighted by Crippen LogP contribution is -2.34. The number of aromatic nitrogens is 5. The predicted molar refractivity (Wildman–Crippen MR) is 91.2 cm³/mol. The number of rotatable bonds is 3. The van der Waals surface area contributed by atoms with Gasteiger partial charge in [-0.05, 0) is 38.7 Å². The first-order valence-electron chi connectivity index (χ1n) is 8.39. The Labute approximate surface area is 143 Å². The lowest BCUT2D eigenvalue weighted by Gasteiger charge is -2.21. The number of nitrogens with zero attached hydrogens (tertiary/aromatic N) is 3. The molecule has 1 aliphatic rings. The Morgan fingerprint density at radius 2 is 2.28 bits per heavy atom. The van der Waals surface area contributed by atoms with E-state index >= 15 is 0 Å². The van der Waals surface area contributed by atoms with Gasteiger partial charge in [-0.3, -0.25) is 19.8 Å². The highest BCUT2D eigenvalue weighted by Gasteiger charge is 2.26. The van der Waals surface area contributed by atoms with Crippen LogP contribution in [0.1, 0.15) is 34.6 Å². The van der Waals surface area contributed by atoms with Crippen LogP contribution in [0, 0.1) is 19.8 Å². The van der Waals surface area contributed by atoms with E-state index in [1.54, 1.807) is 4.52 Å². The fraction of sp³-hybridized carbons (Fsp3) is 0.412. The van der Waals surface area contributed by atoms with Crippen molar-refractivity contribution >= 4 is 11.6 Å². The summed E-state index contributed by atoms with van der Waals surface area (Å²) in [7, 11) is 0. The molecule has 0 fully saturated rings. The number of carbonyl (C=O) groups excluding carboxylic acids is 1. The van der Waals surface area contributed by atoms with Crippen molar-refractivity contribution in [2.24, 2.45) is 5.92 Å². The minimum absolute atomic E-state index is 0.0335. The van der Waals surface area contributed by atoms with Gasteiger partial charge in [0.25, 0.3) is 5.56 Å². The molecule has 4 rings (SSSR count). The van der Waals surface area contributed by atoms with Crippen molar-refractivity contribution in [3.63, 3.8) is 0 Å². The molecule has 0 saturated heterocycles. The number of H-pyrrole nitrogens is 2. The van der Waals surface area contributed by atoms with Crippen molar-refractivity contribution in [3.8, 4) is 0 Å². The zero-order valence-electron chi connectivity index (χ0n) is 14.2. The summed E-state index contributed by atoms with van der Waals surface area (Å²) < 4.78 is 1.66. The largest absolute Gasteiger partial charge is 0.352 e. The summed E-state index contributed by atoms with van der Waals surface area (Å²) in [5.41, 5.74) is 5.30. The third-order valence-corrected chi connectivity index (χ3v) is 5.03. The molecule has 3 heterocycles. The van der Waals surface area contributed by atoms with Crippen LogP contribution in [0.3, 0.4) is 0 Å². The third-order valence-electron chi connectivity index (χ3n) is 5.03. The highest BCUT2D eigenvalue weighted by molar-refractivity contribution is 5.79. The van der Waals surface area contributed by atoms with Crippen molar-refractivity contribution in [2.45, 2.75) is 39.7 Å². The molecule has 0 aliphatic heterocycles. The molecule has 3 aromatic heterocycles. The Morgan fingerprint density at radius 1 is 1.44 bits per heavy atom. The van der Waals surface area contributed by atoms with Gasteiger partial charge in [0.2, 0.25) is 5.91 Å². The fourth-order valence-corrected chi connectivity index (χ4v) is 3.57. The highest BCUT2D eigenvalue weighted by Crippen LogP contribution is 2.24. The second-order valence-electron chi connectivity index (χ2n) is 6.61. The smallest absolute Gasteiger partial charge is 0.266 e. The van der Waals surface area contributed by atoms with Crippen LogP contribution in [0.5, 0.6) is 0 Å². The number of fused-ring (bicyclic) bond motifs is 2. The first kappa shape index (κ1) is 15.6. The quantitative estimate of drug-likeness (QED) is 0.655. The van der Waals surface area contributed by atoms with Gasteiger partial charge in [-0.15, -0.1) is 0 Å². The summed E-state index contributed by atoms with van der Waals surface area (Å²) in [5.74, 6) is 0.0144. The number of amides is 1. The lowest BCUT2D eigenvalue weighted by atomic mass is 9.87. The fourth-order valence-electron chi connectivity index (χ4n) is 3.57. The number of hydrogen-bond acceptors (Lipinski definition) is 4. The Kier molecular flexibility index (Phi) is 3.67. The average molecular weight is 340 g/mol. The highest BCUT2D eigenvalue weighted by atomic mass is 16.2. The summed E-state index contributed by atoms with van der Waals surface area (Å²) in [5, 5.41) is 12.8. The van der Waals surface area contributed by atoms with Gasteiger partial charge in [-0.1, -0.05) is 0 Å². The molecular formula is C17H20N6O2. The van der Waals surface area contributed by atoms with E-state index in [0.717, 1.165) is 47.5 Å². The Morgan fingerprint density at radius 3 is 3.12 bits per heavy atom. The monoisotopic (exact) mass is 340 g/mol. The van der Waals surface area contributed by atoms with Crippen molar-refractivity contribution < 1.29 is 4.79 Å². The predicted octanol–water partition coefficient (Wildman–Crippen LogP) is 0.784. The molecule has 1 aliphatic carbocycles. The molecule has 1 unspecified atom stereocenters. The summed E-state index contributed by atoms with van der Waals surface area (Å²) in [6, 6.07) is 1.47. The van der Waals surface area contributed by atoms with Crippen molar-refractivity contribution in [1.29, 1.82) is 0 Å². The molecule has 0 radical (unpaired) electrons. The van der Waals surface area contributed by atoms with Crippen molar-refractivity contribution in [1.82, 2.24) is 30.1 Å². The number of carbonyl (C=O) groups is 1. The second kappa shape index (κ2) is 5.87. The van der Waals surface area contributed by atoms with E-state index in [1.807, 2.05) is 20.0 Å². The molecule has 8 heteroatoms. The Balaban J connectivity index is 1.51. The number of aromatic amines is 2. The van der Waals surface area contributed by atoms with Crippen LogP contribution in [0.2, 0.25) is 0 Å².